The molecule has 122 valence electrons. The monoisotopic (exact) mass is 305 g/mol. The van der Waals surface area contributed by atoms with E-state index in [0.717, 1.165) is 25.1 Å². The molecule has 0 saturated carbocycles. The summed E-state index contributed by atoms with van der Waals surface area (Å²) in [4.78, 5) is 4.49. The average Bonchev–Trinajstić information content (AvgIpc) is 2.53. The Balaban J connectivity index is 0.00000116. The van der Waals surface area contributed by atoms with Gasteiger partial charge in [-0.3, -0.25) is 4.98 Å². The van der Waals surface area contributed by atoms with Crippen molar-refractivity contribution in [2.24, 2.45) is 0 Å². The van der Waals surface area contributed by atoms with E-state index in [9.17, 15) is 10.0 Å². The van der Waals surface area contributed by atoms with E-state index in [2.05, 4.69) is 16.4 Å². The van der Waals surface area contributed by atoms with E-state index in [1.165, 1.54) is 12.0 Å². The lowest BCUT2D eigenvalue weighted by Crippen LogP contribution is -2.49. The lowest BCUT2D eigenvalue weighted by atomic mass is 9.69. The highest BCUT2D eigenvalue weighted by atomic mass is 16.2. The molecule has 2 rings (SSSR count). The zero-order valence-electron chi connectivity index (χ0n) is 14.3. The fraction of sp³-hybridized carbons (Fsp3) is 0.667. The molecule has 3 N–H and O–H groups in total. The van der Waals surface area contributed by atoms with E-state index in [0.29, 0.717) is 6.54 Å². The fourth-order valence-electron chi connectivity index (χ4n) is 2.86. The molecule has 22 heavy (non-hydrogen) atoms. The topological polar surface area (TPSA) is 68.6 Å². The molecule has 1 aromatic heterocycles. The molecule has 1 aliphatic carbocycles. The third-order valence-corrected chi connectivity index (χ3v) is 3.92. The number of aromatic nitrogens is 1. The first kappa shape index (κ1) is 19.2. The van der Waals surface area contributed by atoms with Crippen LogP contribution in [0.3, 0.4) is 0 Å². The van der Waals surface area contributed by atoms with Crippen molar-refractivity contribution < 1.29 is 10.0 Å². The SMILES string of the molecule is CB(O)N(CCNC1CCCc2cccnc21)B(C)O.CC. The van der Waals surface area contributed by atoms with Crippen molar-refractivity contribution in [3.05, 3.63) is 29.6 Å². The largest absolute Gasteiger partial charge is 0.438 e. The highest BCUT2D eigenvalue weighted by Crippen LogP contribution is 2.27. The van der Waals surface area contributed by atoms with Gasteiger partial charge < -0.3 is 20.1 Å². The van der Waals surface area contributed by atoms with Crippen molar-refractivity contribution in [2.45, 2.75) is 52.8 Å². The molecule has 5 nitrogen and oxygen atoms in total. The van der Waals surface area contributed by atoms with Crippen LogP contribution in [0.2, 0.25) is 13.6 Å². The number of aryl methyl sites for hydroxylation is 1. The normalized spacial score (nSPS) is 16.6. The van der Waals surface area contributed by atoms with E-state index in [1.54, 1.807) is 18.4 Å². The van der Waals surface area contributed by atoms with E-state index in [1.807, 2.05) is 26.1 Å². The quantitative estimate of drug-likeness (QED) is 0.697. The summed E-state index contributed by atoms with van der Waals surface area (Å²) >= 11 is 0. The summed E-state index contributed by atoms with van der Waals surface area (Å²) in [6, 6.07) is 4.42. The molecule has 0 radical (unpaired) electrons. The number of nitrogens with zero attached hydrogens (tertiary/aromatic N) is 2. The van der Waals surface area contributed by atoms with E-state index in [-0.39, 0.29) is 6.04 Å². The average molecular weight is 305 g/mol. The molecule has 0 aromatic carbocycles. The molecule has 1 heterocycles. The molecule has 0 bridgehead atoms. The van der Waals surface area contributed by atoms with Gasteiger partial charge in [0.2, 0.25) is 0 Å². The predicted molar refractivity (Wildman–Crippen MR) is 93.6 cm³/mol. The summed E-state index contributed by atoms with van der Waals surface area (Å²) in [5.41, 5.74) is 2.48. The molecule has 1 atom stereocenters. The van der Waals surface area contributed by atoms with Crippen LogP contribution in [-0.4, -0.2) is 46.9 Å². The number of nitrogens with one attached hydrogen (secondary N) is 1. The van der Waals surface area contributed by atoms with E-state index >= 15 is 0 Å². The fourth-order valence-corrected chi connectivity index (χ4v) is 2.86. The van der Waals surface area contributed by atoms with Gasteiger partial charge in [-0.05, 0) is 51.1 Å². The Morgan fingerprint density at radius 2 is 2.00 bits per heavy atom. The van der Waals surface area contributed by atoms with Crippen LogP contribution in [-0.2, 0) is 6.42 Å². The van der Waals surface area contributed by atoms with Crippen molar-refractivity contribution in [1.82, 2.24) is 15.0 Å². The van der Waals surface area contributed by atoms with Gasteiger partial charge >= 0.3 is 14.1 Å². The first-order valence-electron chi connectivity index (χ1n) is 8.38. The van der Waals surface area contributed by atoms with Crippen molar-refractivity contribution in [3.63, 3.8) is 0 Å². The van der Waals surface area contributed by atoms with Crippen LogP contribution in [0.5, 0.6) is 0 Å². The van der Waals surface area contributed by atoms with Crippen LogP contribution >= 0.6 is 0 Å². The number of rotatable bonds is 6. The van der Waals surface area contributed by atoms with Gasteiger partial charge in [0.15, 0.2) is 0 Å². The van der Waals surface area contributed by atoms with Crippen LogP contribution < -0.4 is 5.32 Å². The minimum atomic E-state index is -0.645. The van der Waals surface area contributed by atoms with Gasteiger partial charge in [-0.2, -0.15) is 0 Å². The zero-order chi connectivity index (χ0) is 16.5. The summed E-state index contributed by atoms with van der Waals surface area (Å²) in [6.45, 7) is 8.67. The first-order valence-corrected chi connectivity index (χ1v) is 8.38. The molecule has 0 fully saturated rings. The Labute approximate surface area is 135 Å². The van der Waals surface area contributed by atoms with Gasteiger partial charge in [0.1, 0.15) is 0 Å². The first-order chi connectivity index (χ1) is 10.6. The highest BCUT2D eigenvalue weighted by Gasteiger charge is 2.25. The second kappa shape index (κ2) is 10.0. The number of fused-ring (bicyclic) bond motifs is 1. The summed E-state index contributed by atoms with van der Waals surface area (Å²) in [5, 5.41) is 22.7. The summed E-state index contributed by atoms with van der Waals surface area (Å²) in [7, 11) is -1.29. The molecular formula is C15H29B2N3O2. The Bertz CT molecular complexity index is 425. The lowest BCUT2D eigenvalue weighted by molar-refractivity contribution is 0.393. The molecule has 0 aliphatic heterocycles. The summed E-state index contributed by atoms with van der Waals surface area (Å²) in [6.07, 6.45) is 5.21. The van der Waals surface area contributed by atoms with Crippen molar-refractivity contribution >= 4 is 14.1 Å². The highest BCUT2D eigenvalue weighted by molar-refractivity contribution is 6.63. The minimum absolute atomic E-state index is 0.282. The van der Waals surface area contributed by atoms with Crippen LogP contribution in [0.4, 0.5) is 0 Å². The molecule has 1 unspecified atom stereocenters. The van der Waals surface area contributed by atoms with Crippen LogP contribution in [0.25, 0.3) is 0 Å². The molecule has 0 spiro atoms. The summed E-state index contributed by atoms with van der Waals surface area (Å²) < 4.78 is 1.65. The van der Waals surface area contributed by atoms with Gasteiger partial charge in [0.25, 0.3) is 0 Å². The second-order valence-corrected chi connectivity index (χ2v) is 5.45. The minimum Gasteiger partial charge on any atom is -0.438 e. The molecule has 1 aliphatic rings. The Morgan fingerprint density at radius 3 is 2.64 bits per heavy atom. The maximum absolute atomic E-state index is 9.60. The van der Waals surface area contributed by atoms with Gasteiger partial charge in [-0.1, -0.05) is 19.9 Å². The zero-order valence-corrected chi connectivity index (χ0v) is 14.3. The molecular weight excluding hydrogens is 276 g/mol. The van der Waals surface area contributed by atoms with Gasteiger partial charge in [0, 0.05) is 18.8 Å². The molecule has 7 heteroatoms. The maximum Gasteiger partial charge on any atom is 0.366 e. The Morgan fingerprint density at radius 1 is 1.32 bits per heavy atom. The van der Waals surface area contributed by atoms with E-state index in [4.69, 9.17) is 0 Å². The van der Waals surface area contributed by atoms with Crippen LogP contribution in [0.15, 0.2) is 18.3 Å². The number of hydrogen-bond acceptors (Lipinski definition) is 5. The second-order valence-electron chi connectivity index (χ2n) is 5.45. The molecule has 0 amide bonds. The summed E-state index contributed by atoms with van der Waals surface area (Å²) in [5.74, 6) is 0. The number of hydrogen-bond donors (Lipinski definition) is 3. The third-order valence-electron chi connectivity index (χ3n) is 3.92. The van der Waals surface area contributed by atoms with Gasteiger partial charge in [-0.25, -0.2) is 0 Å². The lowest BCUT2D eigenvalue weighted by Gasteiger charge is -2.28. The van der Waals surface area contributed by atoms with Gasteiger partial charge in [0.05, 0.1) is 5.69 Å². The standard InChI is InChI=1S/C13H23B2N3O2.C2H6/c1-14(19)18(15(2)20)10-9-16-12-7-3-5-11-6-4-8-17-13(11)12;1-2/h4,6,8,12,16,19-20H,3,5,7,9-10H2,1-2H3;1-2H3. The Hall–Kier alpha value is -0.880. The van der Waals surface area contributed by atoms with Gasteiger partial charge in [-0.15, -0.1) is 0 Å². The molecule has 1 aromatic rings. The van der Waals surface area contributed by atoms with Crippen molar-refractivity contribution in [1.29, 1.82) is 0 Å². The maximum atomic E-state index is 9.60. The predicted octanol–water partition coefficient (Wildman–Crippen LogP) is 1.60. The van der Waals surface area contributed by atoms with E-state index < -0.39 is 14.1 Å². The van der Waals surface area contributed by atoms with Crippen molar-refractivity contribution in [2.75, 3.05) is 13.1 Å². The number of pyridine rings is 1. The van der Waals surface area contributed by atoms with Crippen LogP contribution in [0.1, 0.15) is 44.0 Å². The smallest absolute Gasteiger partial charge is 0.366 e. The van der Waals surface area contributed by atoms with Crippen LogP contribution in [0, 0.1) is 0 Å². The third kappa shape index (κ3) is 5.39. The Kier molecular flexibility index (Phi) is 8.71. The molecule has 0 saturated heterocycles. The van der Waals surface area contributed by atoms with Crippen molar-refractivity contribution in [3.8, 4) is 0 Å².